The normalized spacial score (nSPS) is 12.8. The first kappa shape index (κ1) is 11.6. The van der Waals surface area contributed by atoms with E-state index in [4.69, 9.17) is 5.11 Å². The molecule has 0 spiro atoms. The summed E-state index contributed by atoms with van der Waals surface area (Å²) in [5.41, 5.74) is 1.82. The molecule has 0 fully saturated rings. The van der Waals surface area contributed by atoms with E-state index >= 15 is 0 Å². The first-order valence-corrected chi connectivity index (χ1v) is 5.29. The van der Waals surface area contributed by atoms with Gasteiger partial charge in [0.15, 0.2) is 0 Å². The molecule has 0 radical (unpaired) electrons. The average Bonchev–Trinajstić information content (AvgIpc) is 2.72. The number of hydrogen-bond donors (Lipinski definition) is 3. The quantitative estimate of drug-likeness (QED) is 0.692. The van der Waals surface area contributed by atoms with Gasteiger partial charge in [-0.3, -0.25) is 10.1 Å². The molecule has 0 aliphatic rings. The largest absolute Gasteiger partial charge is 0.480 e. The van der Waals surface area contributed by atoms with Gasteiger partial charge < -0.3 is 10.1 Å². The molecule has 0 amide bonds. The maximum absolute atomic E-state index is 12.2. The number of aromatic amines is 1. The van der Waals surface area contributed by atoms with Crippen LogP contribution in [0.15, 0.2) is 30.5 Å². The Bertz CT molecular complexity index is 524. The van der Waals surface area contributed by atoms with Crippen LogP contribution in [0.25, 0.3) is 10.9 Å². The summed E-state index contributed by atoms with van der Waals surface area (Å²) in [4.78, 5) is 14.0. The van der Waals surface area contributed by atoms with Crippen molar-refractivity contribution in [3.8, 4) is 0 Å². The van der Waals surface area contributed by atoms with Crippen molar-refractivity contribution in [3.63, 3.8) is 0 Å². The smallest absolute Gasteiger partial charge is 0.321 e. The lowest BCUT2D eigenvalue weighted by Crippen LogP contribution is -2.37. The third-order valence-electron chi connectivity index (χ3n) is 2.72. The summed E-state index contributed by atoms with van der Waals surface area (Å²) in [7, 11) is 0. The lowest BCUT2D eigenvalue weighted by atomic mass is 10.1. The van der Waals surface area contributed by atoms with Crippen molar-refractivity contribution in [3.05, 3.63) is 36.0 Å². The molecular formula is C12H13FN2O2. The first-order chi connectivity index (χ1) is 8.22. The third kappa shape index (κ3) is 2.45. The molecule has 1 atom stereocenters. The molecule has 90 valence electrons. The molecule has 0 aliphatic heterocycles. The number of hydrogen-bond acceptors (Lipinski definition) is 2. The highest BCUT2D eigenvalue weighted by atomic mass is 19.1. The van der Waals surface area contributed by atoms with E-state index in [0.717, 1.165) is 16.5 Å². The Morgan fingerprint density at radius 1 is 1.47 bits per heavy atom. The predicted octanol–water partition coefficient (Wildman–Crippen LogP) is 1.68. The molecule has 0 bridgehead atoms. The van der Waals surface area contributed by atoms with Crippen LogP contribution in [0, 0.1) is 0 Å². The Morgan fingerprint density at radius 2 is 2.24 bits per heavy atom. The Labute approximate surface area is 97.5 Å². The number of carboxylic acids is 1. The number of para-hydroxylation sites is 1. The molecule has 0 aliphatic carbocycles. The number of halogens is 1. The van der Waals surface area contributed by atoms with Crippen molar-refractivity contribution in [1.29, 1.82) is 0 Å². The first-order valence-electron chi connectivity index (χ1n) is 5.29. The molecule has 1 aromatic carbocycles. The van der Waals surface area contributed by atoms with Crippen LogP contribution in [0.1, 0.15) is 5.56 Å². The van der Waals surface area contributed by atoms with Gasteiger partial charge in [-0.1, -0.05) is 18.2 Å². The molecule has 2 aromatic rings. The van der Waals surface area contributed by atoms with Crippen LogP contribution in [0.2, 0.25) is 0 Å². The molecule has 3 N–H and O–H groups in total. The van der Waals surface area contributed by atoms with Crippen molar-refractivity contribution in [2.45, 2.75) is 12.5 Å². The maximum Gasteiger partial charge on any atom is 0.321 e. The van der Waals surface area contributed by atoms with E-state index in [2.05, 4.69) is 10.3 Å². The minimum absolute atomic E-state index is 0.253. The number of H-pyrrole nitrogens is 1. The summed E-state index contributed by atoms with van der Waals surface area (Å²) >= 11 is 0. The molecule has 5 heteroatoms. The summed E-state index contributed by atoms with van der Waals surface area (Å²) in [6, 6.07) is 6.71. The number of benzene rings is 1. The van der Waals surface area contributed by atoms with Gasteiger partial charge in [-0.05, 0) is 11.6 Å². The Hall–Kier alpha value is -1.88. The molecular weight excluding hydrogens is 223 g/mol. The second-order valence-electron chi connectivity index (χ2n) is 3.79. The van der Waals surface area contributed by atoms with Gasteiger partial charge in [0.25, 0.3) is 0 Å². The van der Waals surface area contributed by atoms with Gasteiger partial charge in [0, 0.05) is 23.5 Å². The van der Waals surface area contributed by atoms with Crippen LogP contribution >= 0.6 is 0 Å². The lowest BCUT2D eigenvalue weighted by Gasteiger charge is -2.10. The van der Waals surface area contributed by atoms with Gasteiger partial charge in [0.2, 0.25) is 0 Å². The minimum Gasteiger partial charge on any atom is -0.480 e. The zero-order chi connectivity index (χ0) is 12.3. The second kappa shape index (κ2) is 4.97. The topological polar surface area (TPSA) is 65.1 Å². The summed E-state index contributed by atoms with van der Waals surface area (Å²) in [6.45, 7) is -0.848. The predicted molar refractivity (Wildman–Crippen MR) is 62.5 cm³/mol. The fourth-order valence-electron chi connectivity index (χ4n) is 1.86. The fourth-order valence-corrected chi connectivity index (χ4v) is 1.86. The van der Waals surface area contributed by atoms with Crippen molar-refractivity contribution in [2.24, 2.45) is 0 Å². The van der Waals surface area contributed by atoms with E-state index in [1.165, 1.54) is 0 Å². The van der Waals surface area contributed by atoms with Crippen LogP contribution in [0.5, 0.6) is 0 Å². The van der Waals surface area contributed by atoms with E-state index in [1.54, 1.807) is 6.20 Å². The third-order valence-corrected chi connectivity index (χ3v) is 2.72. The van der Waals surface area contributed by atoms with E-state index < -0.39 is 18.8 Å². The number of carboxylic acid groups (broad SMARTS) is 1. The number of aliphatic carboxylic acids is 1. The lowest BCUT2D eigenvalue weighted by molar-refractivity contribution is -0.139. The number of carbonyl (C=O) groups is 1. The van der Waals surface area contributed by atoms with Gasteiger partial charge in [-0.25, -0.2) is 4.39 Å². The number of aromatic nitrogens is 1. The number of alkyl halides is 1. The molecule has 0 saturated carbocycles. The van der Waals surface area contributed by atoms with E-state index in [0.29, 0.717) is 0 Å². The van der Waals surface area contributed by atoms with Gasteiger partial charge >= 0.3 is 5.97 Å². The summed E-state index contributed by atoms with van der Waals surface area (Å²) in [6.07, 6.45) is 2.02. The highest BCUT2D eigenvalue weighted by molar-refractivity contribution is 5.84. The SMILES string of the molecule is O=C(O)[C@H](Cc1c[nH]c2ccccc12)NCF. The van der Waals surface area contributed by atoms with Crippen LogP contribution < -0.4 is 5.32 Å². The van der Waals surface area contributed by atoms with Crippen LogP contribution in [-0.2, 0) is 11.2 Å². The summed E-state index contributed by atoms with van der Waals surface area (Å²) < 4.78 is 12.2. The van der Waals surface area contributed by atoms with Crippen LogP contribution in [-0.4, -0.2) is 28.9 Å². The van der Waals surface area contributed by atoms with Crippen molar-refractivity contribution >= 4 is 16.9 Å². The molecule has 1 aromatic heterocycles. The van der Waals surface area contributed by atoms with E-state index in [1.807, 2.05) is 24.3 Å². The minimum atomic E-state index is -1.05. The molecule has 17 heavy (non-hydrogen) atoms. The van der Waals surface area contributed by atoms with Crippen molar-refractivity contribution in [1.82, 2.24) is 10.3 Å². The van der Waals surface area contributed by atoms with Crippen molar-refractivity contribution < 1.29 is 14.3 Å². The monoisotopic (exact) mass is 236 g/mol. The number of nitrogens with one attached hydrogen (secondary N) is 2. The highest BCUT2D eigenvalue weighted by Crippen LogP contribution is 2.19. The Balaban J connectivity index is 2.25. The summed E-state index contributed by atoms with van der Waals surface area (Å²) in [5, 5.41) is 12.2. The number of rotatable bonds is 5. The Morgan fingerprint density at radius 3 is 2.94 bits per heavy atom. The van der Waals surface area contributed by atoms with Crippen LogP contribution in [0.3, 0.4) is 0 Å². The Kier molecular flexibility index (Phi) is 3.39. The summed E-state index contributed by atoms with van der Waals surface area (Å²) in [5.74, 6) is -1.05. The van der Waals surface area contributed by atoms with Gasteiger partial charge in [-0.2, -0.15) is 0 Å². The zero-order valence-corrected chi connectivity index (χ0v) is 9.11. The van der Waals surface area contributed by atoms with Gasteiger partial charge in [0.1, 0.15) is 12.8 Å². The van der Waals surface area contributed by atoms with Gasteiger partial charge in [0.05, 0.1) is 0 Å². The second-order valence-corrected chi connectivity index (χ2v) is 3.79. The van der Waals surface area contributed by atoms with E-state index in [9.17, 15) is 9.18 Å². The molecule has 0 saturated heterocycles. The van der Waals surface area contributed by atoms with E-state index in [-0.39, 0.29) is 6.42 Å². The van der Waals surface area contributed by atoms with Crippen LogP contribution in [0.4, 0.5) is 4.39 Å². The molecule has 0 unspecified atom stereocenters. The molecule has 1 heterocycles. The standard InChI is InChI=1S/C12H13FN2O2/c13-7-15-11(12(16)17)5-8-6-14-10-4-2-1-3-9(8)10/h1-4,6,11,14-15H,5,7H2,(H,16,17)/t11-/m0/s1. The molecule has 2 rings (SSSR count). The fraction of sp³-hybridized carbons (Fsp3) is 0.250. The van der Waals surface area contributed by atoms with Crippen molar-refractivity contribution in [2.75, 3.05) is 6.80 Å². The molecule has 4 nitrogen and oxygen atoms in total. The zero-order valence-electron chi connectivity index (χ0n) is 9.11. The van der Waals surface area contributed by atoms with Gasteiger partial charge in [-0.15, -0.1) is 0 Å². The highest BCUT2D eigenvalue weighted by Gasteiger charge is 2.18. The average molecular weight is 236 g/mol. The maximum atomic E-state index is 12.2. The number of fused-ring (bicyclic) bond motifs is 1.